The van der Waals surface area contributed by atoms with Crippen LogP contribution in [-0.4, -0.2) is 11.5 Å². The molecule has 100 valence electrons. The summed E-state index contributed by atoms with van der Waals surface area (Å²) in [5, 5.41) is 0. The number of pyridine rings is 1. The maximum atomic E-state index is 13.9. The molecule has 2 rings (SSSR count). The van der Waals surface area contributed by atoms with Crippen molar-refractivity contribution in [1.29, 1.82) is 0 Å². The zero-order chi connectivity index (χ0) is 13.1. The largest absolute Gasteiger partial charge is 0.330 e. The van der Waals surface area contributed by atoms with Crippen LogP contribution in [0, 0.1) is 23.6 Å². The van der Waals surface area contributed by atoms with Crippen LogP contribution in [0.15, 0.2) is 18.5 Å². The van der Waals surface area contributed by atoms with Gasteiger partial charge in [0, 0.05) is 6.20 Å². The van der Waals surface area contributed by atoms with Crippen LogP contribution in [0.5, 0.6) is 0 Å². The van der Waals surface area contributed by atoms with Crippen LogP contribution < -0.4 is 5.73 Å². The summed E-state index contributed by atoms with van der Waals surface area (Å²) in [5.74, 6) is 1.85. The summed E-state index contributed by atoms with van der Waals surface area (Å²) in [5.41, 5.74) is 6.68. The second-order valence-electron chi connectivity index (χ2n) is 5.82. The highest BCUT2D eigenvalue weighted by Gasteiger charge is 2.33. The maximum absolute atomic E-state index is 13.9. The minimum Gasteiger partial charge on any atom is -0.330 e. The molecule has 1 heterocycles. The van der Waals surface area contributed by atoms with Crippen LogP contribution in [0.3, 0.4) is 0 Å². The first-order valence-corrected chi connectivity index (χ1v) is 6.93. The van der Waals surface area contributed by atoms with E-state index in [0.29, 0.717) is 24.3 Å². The van der Waals surface area contributed by atoms with Crippen molar-refractivity contribution < 1.29 is 4.39 Å². The number of rotatable bonds is 3. The third-order valence-corrected chi connectivity index (χ3v) is 4.48. The van der Waals surface area contributed by atoms with Gasteiger partial charge >= 0.3 is 0 Å². The molecular formula is C15H23FN2. The normalized spacial score (nSPS) is 28.6. The summed E-state index contributed by atoms with van der Waals surface area (Å²) in [4.78, 5) is 3.84. The van der Waals surface area contributed by atoms with E-state index in [-0.39, 0.29) is 11.7 Å². The van der Waals surface area contributed by atoms with E-state index in [0.717, 1.165) is 18.4 Å². The molecule has 0 aromatic carbocycles. The van der Waals surface area contributed by atoms with Gasteiger partial charge in [0.25, 0.3) is 0 Å². The lowest BCUT2D eigenvalue weighted by molar-refractivity contribution is 0.195. The van der Waals surface area contributed by atoms with E-state index in [1.54, 1.807) is 6.20 Å². The molecule has 2 N–H and O–H groups in total. The molecule has 0 aliphatic heterocycles. The molecule has 0 saturated heterocycles. The first kappa shape index (κ1) is 13.5. The third-order valence-electron chi connectivity index (χ3n) is 4.48. The van der Waals surface area contributed by atoms with Gasteiger partial charge in [0.05, 0.1) is 6.20 Å². The Kier molecular flexibility index (Phi) is 4.33. The van der Waals surface area contributed by atoms with Crippen LogP contribution in [0.4, 0.5) is 4.39 Å². The molecule has 1 aromatic heterocycles. The maximum Gasteiger partial charge on any atom is 0.144 e. The summed E-state index contributed by atoms with van der Waals surface area (Å²) in [7, 11) is 0. The van der Waals surface area contributed by atoms with Gasteiger partial charge in [-0.3, -0.25) is 4.98 Å². The van der Waals surface area contributed by atoms with Crippen molar-refractivity contribution >= 4 is 0 Å². The zero-order valence-corrected chi connectivity index (χ0v) is 11.3. The lowest BCUT2D eigenvalue weighted by Crippen LogP contribution is -2.31. The fourth-order valence-corrected chi connectivity index (χ4v) is 3.22. The molecule has 0 amide bonds. The van der Waals surface area contributed by atoms with E-state index in [9.17, 15) is 4.39 Å². The lowest BCUT2D eigenvalue weighted by Gasteiger charge is -2.37. The Bertz CT molecular complexity index is 392. The summed E-state index contributed by atoms with van der Waals surface area (Å²) in [6, 6.07) is 1.82. The number of hydrogen-bond donors (Lipinski definition) is 1. The molecular weight excluding hydrogens is 227 g/mol. The van der Waals surface area contributed by atoms with E-state index in [4.69, 9.17) is 5.73 Å². The fraction of sp³-hybridized carbons (Fsp3) is 0.667. The Morgan fingerprint density at radius 1 is 1.44 bits per heavy atom. The van der Waals surface area contributed by atoms with Gasteiger partial charge in [-0.05, 0) is 61.1 Å². The number of halogens is 1. The highest BCUT2D eigenvalue weighted by Crippen LogP contribution is 2.43. The fourth-order valence-electron chi connectivity index (χ4n) is 3.22. The van der Waals surface area contributed by atoms with Crippen LogP contribution >= 0.6 is 0 Å². The molecule has 0 bridgehead atoms. The van der Waals surface area contributed by atoms with Gasteiger partial charge in [0.15, 0.2) is 0 Å². The molecule has 18 heavy (non-hydrogen) atoms. The van der Waals surface area contributed by atoms with Crippen molar-refractivity contribution in [1.82, 2.24) is 4.98 Å². The topological polar surface area (TPSA) is 38.9 Å². The van der Waals surface area contributed by atoms with Crippen LogP contribution in [0.2, 0.25) is 0 Å². The molecule has 1 fully saturated rings. The molecule has 1 aromatic rings. The summed E-state index contributed by atoms with van der Waals surface area (Å²) < 4.78 is 13.9. The van der Waals surface area contributed by atoms with Crippen molar-refractivity contribution in [3.63, 3.8) is 0 Å². The van der Waals surface area contributed by atoms with E-state index in [2.05, 4.69) is 18.8 Å². The van der Waals surface area contributed by atoms with E-state index >= 15 is 0 Å². The molecule has 0 spiro atoms. The van der Waals surface area contributed by atoms with Crippen molar-refractivity contribution in [2.45, 2.75) is 39.0 Å². The van der Waals surface area contributed by atoms with E-state index in [1.165, 1.54) is 12.6 Å². The summed E-state index contributed by atoms with van der Waals surface area (Å²) >= 11 is 0. The number of hydrogen-bond acceptors (Lipinski definition) is 2. The first-order valence-electron chi connectivity index (χ1n) is 6.93. The minimum atomic E-state index is -0.176. The van der Waals surface area contributed by atoms with Gasteiger partial charge in [-0.25, -0.2) is 4.39 Å². The van der Waals surface area contributed by atoms with Crippen LogP contribution in [-0.2, 0) is 0 Å². The molecule has 1 aliphatic rings. The van der Waals surface area contributed by atoms with Gasteiger partial charge in [-0.1, -0.05) is 13.8 Å². The first-order chi connectivity index (χ1) is 8.63. The zero-order valence-electron chi connectivity index (χ0n) is 11.3. The average Bonchev–Trinajstić information content (AvgIpc) is 2.38. The Morgan fingerprint density at radius 2 is 2.22 bits per heavy atom. The number of nitrogens with zero attached hydrogens (tertiary/aromatic N) is 1. The lowest BCUT2D eigenvalue weighted by atomic mass is 9.68. The van der Waals surface area contributed by atoms with Gasteiger partial charge < -0.3 is 5.73 Å². The molecule has 0 radical (unpaired) electrons. The SMILES string of the molecule is CC(C)C1CCC(CN)C(c2ccncc2F)C1. The Labute approximate surface area is 109 Å². The van der Waals surface area contributed by atoms with Crippen molar-refractivity contribution in [3.05, 3.63) is 29.8 Å². The third kappa shape index (κ3) is 2.72. The predicted molar refractivity (Wildman–Crippen MR) is 71.7 cm³/mol. The molecule has 3 heteroatoms. The van der Waals surface area contributed by atoms with Gasteiger partial charge in [0.2, 0.25) is 0 Å². The smallest absolute Gasteiger partial charge is 0.144 e. The highest BCUT2D eigenvalue weighted by molar-refractivity contribution is 5.20. The number of nitrogens with two attached hydrogens (primary N) is 1. The second kappa shape index (κ2) is 5.79. The quantitative estimate of drug-likeness (QED) is 0.893. The molecule has 3 unspecified atom stereocenters. The Balaban J connectivity index is 2.24. The molecule has 1 aliphatic carbocycles. The second-order valence-corrected chi connectivity index (χ2v) is 5.82. The van der Waals surface area contributed by atoms with Gasteiger partial charge in [0.1, 0.15) is 5.82 Å². The van der Waals surface area contributed by atoms with Crippen LogP contribution in [0.25, 0.3) is 0 Å². The standard InChI is InChI=1S/C15H23FN2/c1-10(2)11-3-4-12(8-17)14(7-11)13-5-6-18-9-15(13)16/h5-6,9-12,14H,3-4,7-8,17H2,1-2H3. The monoisotopic (exact) mass is 250 g/mol. The Hall–Kier alpha value is -0.960. The minimum absolute atomic E-state index is 0.176. The number of aromatic nitrogens is 1. The predicted octanol–water partition coefficient (Wildman–Crippen LogP) is 3.34. The average molecular weight is 250 g/mol. The van der Waals surface area contributed by atoms with E-state index < -0.39 is 0 Å². The van der Waals surface area contributed by atoms with Crippen molar-refractivity contribution in [2.24, 2.45) is 23.5 Å². The van der Waals surface area contributed by atoms with Crippen molar-refractivity contribution in [2.75, 3.05) is 6.54 Å². The summed E-state index contributed by atoms with van der Waals surface area (Å²) in [6.07, 6.45) is 6.40. The van der Waals surface area contributed by atoms with E-state index in [1.807, 2.05) is 6.07 Å². The highest BCUT2D eigenvalue weighted by atomic mass is 19.1. The Morgan fingerprint density at radius 3 is 2.83 bits per heavy atom. The summed E-state index contributed by atoms with van der Waals surface area (Å²) in [6.45, 7) is 5.16. The van der Waals surface area contributed by atoms with Crippen LogP contribution in [0.1, 0.15) is 44.6 Å². The molecule has 1 saturated carbocycles. The van der Waals surface area contributed by atoms with Crippen molar-refractivity contribution in [3.8, 4) is 0 Å². The molecule has 2 nitrogen and oxygen atoms in total. The van der Waals surface area contributed by atoms with Gasteiger partial charge in [-0.2, -0.15) is 0 Å². The van der Waals surface area contributed by atoms with Gasteiger partial charge in [-0.15, -0.1) is 0 Å². The molecule has 3 atom stereocenters.